The molecule has 2 nitrogen and oxygen atoms in total. The lowest BCUT2D eigenvalue weighted by Crippen LogP contribution is -2.35. The summed E-state index contributed by atoms with van der Waals surface area (Å²) in [5.74, 6) is 2.15. The Bertz CT molecular complexity index is 573. The molecule has 0 aromatic heterocycles. The number of aromatic hydroxyl groups is 1. The molecule has 3 rings (SSSR count). The Morgan fingerprint density at radius 3 is 2.86 bits per heavy atom. The van der Waals surface area contributed by atoms with Crippen molar-refractivity contribution in [1.82, 2.24) is 0 Å². The molecule has 2 heteroatoms. The van der Waals surface area contributed by atoms with Gasteiger partial charge in [0.2, 0.25) is 0 Å². The molecule has 0 radical (unpaired) electrons. The maximum Gasteiger partial charge on any atom is 0.127 e. The van der Waals surface area contributed by atoms with Crippen molar-refractivity contribution in [2.75, 3.05) is 0 Å². The predicted molar refractivity (Wildman–Crippen MR) is 90.6 cm³/mol. The van der Waals surface area contributed by atoms with Crippen molar-refractivity contribution in [3.63, 3.8) is 0 Å². The average Bonchev–Trinajstić information content (AvgIpc) is 2.46. The summed E-state index contributed by atoms with van der Waals surface area (Å²) in [4.78, 5) is 0. The fraction of sp³-hybridized carbons (Fsp3) is 0.600. The lowest BCUT2D eigenvalue weighted by atomic mass is 9.72. The van der Waals surface area contributed by atoms with Crippen molar-refractivity contribution in [1.29, 1.82) is 0 Å². The van der Waals surface area contributed by atoms with Gasteiger partial charge in [0.1, 0.15) is 11.5 Å². The van der Waals surface area contributed by atoms with Crippen molar-refractivity contribution < 1.29 is 9.84 Å². The van der Waals surface area contributed by atoms with Crippen LogP contribution >= 0.6 is 0 Å². The monoisotopic (exact) mass is 300 g/mol. The Hall–Kier alpha value is -1.44. The van der Waals surface area contributed by atoms with Gasteiger partial charge in [0, 0.05) is 17.4 Å². The van der Waals surface area contributed by atoms with Gasteiger partial charge in [0.25, 0.3) is 0 Å². The number of hydrogen-bond acceptors (Lipinski definition) is 2. The van der Waals surface area contributed by atoms with Crippen LogP contribution in [0.5, 0.6) is 11.5 Å². The van der Waals surface area contributed by atoms with Crippen LogP contribution < -0.4 is 4.74 Å². The third-order valence-electron chi connectivity index (χ3n) is 5.30. The minimum Gasteiger partial charge on any atom is -0.507 e. The van der Waals surface area contributed by atoms with Gasteiger partial charge in [0.15, 0.2) is 0 Å². The Balaban J connectivity index is 1.94. The molecule has 0 bridgehead atoms. The zero-order chi connectivity index (χ0) is 15.7. The first kappa shape index (κ1) is 15.5. The SMILES string of the molecule is CCCCCc1cc(O)c2c(c1)O[C@H](C)[C@@H]1CCC(C)=C[C@@H]21. The number of rotatable bonds is 4. The topological polar surface area (TPSA) is 29.5 Å². The molecule has 3 atom stereocenters. The second-order valence-corrected chi connectivity index (χ2v) is 7.05. The van der Waals surface area contributed by atoms with Gasteiger partial charge in [-0.25, -0.2) is 0 Å². The second kappa shape index (κ2) is 6.36. The van der Waals surface area contributed by atoms with Gasteiger partial charge >= 0.3 is 0 Å². The lowest BCUT2D eigenvalue weighted by Gasteiger charge is -2.40. The molecular formula is C20H28O2. The van der Waals surface area contributed by atoms with E-state index < -0.39 is 0 Å². The van der Waals surface area contributed by atoms with Crippen molar-refractivity contribution in [2.24, 2.45) is 5.92 Å². The van der Waals surface area contributed by atoms with E-state index >= 15 is 0 Å². The summed E-state index contributed by atoms with van der Waals surface area (Å²) in [6.07, 6.45) is 9.55. The van der Waals surface area contributed by atoms with Crippen LogP contribution in [0.1, 0.15) is 69.9 Å². The minimum absolute atomic E-state index is 0.229. The Morgan fingerprint density at radius 2 is 2.09 bits per heavy atom. The molecule has 0 saturated carbocycles. The Morgan fingerprint density at radius 1 is 1.27 bits per heavy atom. The third-order valence-corrected chi connectivity index (χ3v) is 5.30. The standard InChI is InChI=1S/C20H28O2/c1-4-5-6-7-15-11-18(21)20-17-10-13(2)8-9-16(17)14(3)22-19(20)12-15/h10-12,14,16-17,21H,4-9H2,1-3H3/t14-,16+,17-/m1/s1. The number of allylic oxidation sites excluding steroid dienone is 2. The van der Waals surface area contributed by atoms with Gasteiger partial charge < -0.3 is 9.84 Å². The van der Waals surface area contributed by atoms with E-state index in [0.717, 1.165) is 30.6 Å². The van der Waals surface area contributed by atoms with E-state index in [9.17, 15) is 5.11 Å². The molecule has 1 aliphatic carbocycles. The number of hydrogen-bond donors (Lipinski definition) is 1. The van der Waals surface area contributed by atoms with E-state index in [0.29, 0.717) is 17.6 Å². The largest absolute Gasteiger partial charge is 0.507 e. The number of fused-ring (bicyclic) bond motifs is 3. The summed E-state index contributed by atoms with van der Waals surface area (Å²) in [5.41, 5.74) is 3.65. The molecule has 0 amide bonds. The fourth-order valence-corrected chi connectivity index (χ4v) is 4.02. The number of phenols is 1. The van der Waals surface area contributed by atoms with Crippen LogP contribution in [0.4, 0.5) is 0 Å². The van der Waals surface area contributed by atoms with Crippen LogP contribution in [0.2, 0.25) is 0 Å². The number of phenolic OH excluding ortho intramolecular Hbond substituents is 1. The summed E-state index contributed by atoms with van der Waals surface area (Å²) in [5, 5.41) is 10.6. The Kier molecular flexibility index (Phi) is 4.46. The highest BCUT2D eigenvalue weighted by Gasteiger charge is 2.38. The van der Waals surface area contributed by atoms with Crippen LogP contribution in [0.3, 0.4) is 0 Å². The van der Waals surface area contributed by atoms with Gasteiger partial charge in [-0.15, -0.1) is 0 Å². The predicted octanol–water partition coefficient (Wildman–Crippen LogP) is 5.35. The minimum atomic E-state index is 0.229. The number of benzene rings is 1. The Labute approximate surface area is 134 Å². The normalized spacial score (nSPS) is 26.7. The average molecular weight is 300 g/mol. The lowest BCUT2D eigenvalue weighted by molar-refractivity contribution is 0.107. The van der Waals surface area contributed by atoms with Crippen LogP contribution in [0, 0.1) is 5.92 Å². The molecule has 2 aliphatic rings. The highest BCUT2D eigenvalue weighted by atomic mass is 16.5. The van der Waals surface area contributed by atoms with Gasteiger partial charge in [0.05, 0.1) is 6.10 Å². The molecule has 1 aromatic rings. The second-order valence-electron chi connectivity index (χ2n) is 7.05. The number of unbranched alkanes of at least 4 members (excludes halogenated alkanes) is 2. The molecule has 0 unspecified atom stereocenters. The summed E-state index contributed by atoms with van der Waals surface area (Å²) < 4.78 is 6.18. The molecular weight excluding hydrogens is 272 g/mol. The van der Waals surface area contributed by atoms with Crippen molar-refractivity contribution in [2.45, 2.75) is 71.3 Å². The zero-order valence-corrected chi connectivity index (χ0v) is 14.1. The van der Waals surface area contributed by atoms with Crippen LogP contribution in [0.25, 0.3) is 0 Å². The smallest absolute Gasteiger partial charge is 0.127 e. The number of aryl methyl sites for hydroxylation is 1. The first-order valence-corrected chi connectivity index (χ1v) is 8.80. The van der Waals surface area contributed by atoms with E-state index in [-0.39, 0.29) is 6.10 Å². The molecule has 1 N–H and O–H groups in total. The van der Waals surface area contributed by atoms with E-state index in [2.05, 4.69) is 32.9 Å². The number of ether oxygens (including phenoxy) is 1. The van der Waals surface area contributed by atoms with Crippen molar-refractivity contribution in [3.8, 4) is 11.5 Å². The van der Waals surface area contributed by atoms with E-state index in [1.807, 2.05) is 6.07 Å². The molecule has 22 heavy (non-hydrogen) atoms. The highest BCUT2D eigenvalue weighted by Crippen LogP contribution is 2.50. The summed E-state index contributed by atoms with van der Waals surface area (Å²) in [6, 6.07) is 4.12. The fourth-order valence-electron chi connectivity index (χ4n) is 4.02. The summed E-state index contributed by atoms with van der Waals surface area (Å²) >= 11 is 0. The maximum absolute atomic E-state index is 10.6. The molecule has 1 aliphatic heterocycles. The van der Waals surface area contributed by atoms with Gasteiger partial charge in [-0.1, -0.05) is 31.4 Å². The molecule has 0 fully saturated rings. The van der Waals surface area contributed by atoms with Gasteiger partial charge in [-0.3, -0.25) is 0 Å². The summed E-state index contributed by atoms with van der Waals surface area (Å²) in [7, 11) is 0. The first-order valence-electron chi connectivity index (χ1n) is 8.80. The quantitative estimate of drug-likeness (QED) is 0.600. The van der Waals surface area contributed by atoms with Crippen molar-refractivity contribution >= 4 is 0 Å². The zero-order valence-electron chi connectivity index (χ0n) is 14.1. The molecule has 120 valence electrons. The van der Waals surface area contributed by atoms with Gasteiger partial charge in [-0.2, -0.15) is 0 Å². The molecule has 1 aromatic carbocycles. The first-order chi connectivity index (χ1) is 10.6. The molecule has 0 spiro atoms. The van der Waals surface area contributed by atoms with Crippen LogP contribution in [-0.2, 0) is 6.42 Å². The van der Waals surface area contributed by atoms with E-state index in [1.54, 1.807) is 0 Å². The van der Waals surface area contributed by atoms with E-state index in [4.69, 9.17) is 4.74 Å². The maximum atomic E-state index is 10.6. The van der Waals surface area contributed by atoms with Crippen LogP contribution in [0.15, 0.2) is 23.8 Å². The summed E-state index contributed by atoms with van der Waals surface area (Å²) in [6.45, 7) is 6.59. The van der Waals surface area contributed by atoms with Gasteiger partial charge in [-0.05, 0) is 57.2 Å². The van der Waals surface area contributed by atoms with Crippen molar-refractivity contribution in [3.05, 3.63) is 34.9 Å². The molecule has 1 heterocycles. The van der Waals surface area contributed by atoms with E-state index in [1.165, 1.54) is 30.4 Å². The third kappa shape index (κ3) is 2.88. The highest BCUT2D eigenvalue weighted by molar-refractivity contribution is 5.53. The van der Waals surface area contributed by atoms with Crippen LogP contribution in [-0.4, -0.2) is 11.2 Å². The molecule has 0 saturated heterocycles.